The van der Waals surface area contributed by atoms with Crippen LogP contribution in [0.4, 0.5) is 8.78 Å². The van der Waals surface area contributed by atoms with Crippen molar-refractivity contribution < 1.29 is 13.5 Å². The van der Waals surface area contributed by atoms with Crippen molar-refractivity contribution in [1.29, 1.82) is 0 Å². The van der Waals surface area contributed by atoms with Crippen LogP contribution in [-0.2, 0) is 11.2 Å². The molecule has 16 heavy (non-hydrogen) atoms. The molecular formula is C11H16F2N2O. The minimum Gasteiger partial charge on any atom is -0.380 e. The number of halogens is 2. The van der Waals surface area contributed by atoms with E-state index in [-0.39, 0.29) is 6.04 Å². The molecule has 1 unspecified atom stereocenters. The Morgan fingerprint density at radius 1 is 1.44 bits per heavy atom. The lowest BCUT2D eigenvalue weighted by molar-refractivity contribution is 0.122. The Bertz CT molecular complexity index is 334. The Morgan fingerprint density at radius 3 is 2.81 bits per heavy atom. The van der Waals surface area contributed by atoms with Crippen LogP contribution >= 0.6 is 0 Å². The molecule has 0 aliphatic carbocycles. The maximum absolute atomic E-state index is 13.3. The van der Waals surface area contributed by atoms with Crippen LogP contribution < -0.4 is 11.3 Å². The molecule has 0 bridgehead atoms. The molecule has 0 fully saturated rings. The summed E-state index contributed by atoms with van der Waals surface area (Å²) >= 11 is 0. The first kappa shape index (κ1) is 13.0. The van der Waals surface area contributed by atoms with Crippen molar-refractivity contribution in [1.82, 2.24) is 5.43 Å². The van der Waals surface area contributed by atoms with Gasteiger partial charge in [-0.05, 0) is 25.0 Å². The number of hydrazine groups is 1. The second-order valence-electron chi connectivity index (χ2n) is 3.44. The average molecular weight is 230 g/mol. The van der Waals surface area contributed by atoms with Gasteiger partial charge in [0.05, 0.1) is 6.61 Å². The van der Waals surface area contributed by atoms with Crippen molar-refractivity contribution in [2.24, 2.45) is 5.84 Å². The maximum atomic E-state index is 13.3. The molecule has 1 atom stereocenters. The van der Waals surface area contributed by atoms with Gasteiger partial charge in [-0.25, -0.2) is 8.78 Å². The molecule has 0 heterocycles. The Kier molecular flexibility index (Phi) is 5.31. The van der Waals surface area contributed by atoms with Crippen LogP contribution in [-0.4, -0.2) is 19.3 Å². The standard InChI is InChI=1S/C11H16F2N2O/c1-2-16-7-9(15-14)6-8-4-3-5-10(12)11(8)13/h3-5,9,15H,2,6-7,14H2,1H3. The Labute approximate surface area is 93.6 Å². The van der Waals surface area contributed by atoms with Gasteiger partial charge in [0.1, 0.15) is 0 Å². The summed E-state index contributed by atoms with van der Waals surface area (Å²) in [4.78, 5) is 0. The number of nitrogens with one attached hydrogen (secondary N) is 1. The quantitative estimate of drug-likeness (QED) is 0.573. The Balaban J connectivity index is 2.66. The van der Waals surface area contributed by atoms with Crippen LogP contribution in [0.5, 0.6) is 0 Å². The van der Waals surface area contributed by atoms with Gasteiger partial charge in [0, 0.05) is 12.6 Å². The van der Waals surface area contributed by atoms with Gasteiger partial charge < -0.3 is 4.74 Å². The second-order valence-corrected chi connectivity index (χ2v) is 3.44. The summed E-state index contributed by atoms with van der Waals surface area (Å²) in [7, 11) is 0. The fourth-order valence-electron chi connectivity index (χ4n) is 1.40. The first-order chi connectivity index (χ1) is 7.69. The minimum atomic E-state index is -0.843. The third kappa shape index (κ3) is 3.52. The zero-order chi connectivity index (χ0) is 12.0. The van der Waals surface area contributed by atoms with E-state index in [1.807, 2.05) is 6.92 Å². The van der Waals surface area contributed by atoms with Crippen molar-refractivity contribution in [3.8, 4) is 0 Å². The van der Waals surface area contributed by atoms with E-state index in [9.17, 15) is 8.78 Å². The molecule has 0 amide bonds. The summed E-state index contributed by atoms with van der Waals surface area (Å²) in [5, 5.41) is 0. The summed E-state index contributed by atoms with van der Waals surface area (Å²) in [5.41, 5.74) is 2.81. The normalized spacial score (nSPS) is 12.8. The van der Waals surface area contributed by atoms with E-state index in [1.165, 1.54) is 12.1 Å². The first-order valence-corrected chi connectivity index (χ1v) is 5.15. The number of hydrogen-bond donors (Lipinski definition) is 2. The molecule has 1 aromatic rings. The van der Waals surface area contributed by atoms with Gasteiger partial charge in [0.15, 0.2) is 11.6 Å². The molecule has 1 rings (SSSR count). The largest absolute Gasteiger partial charge is 0.380 e. The van der Waals surface area contributed by atoms with E-state index in [0.717, 1.165) is 6.07 Å². The van der Waals surface area contributed by atoms with E-state index in [2.05, 4.69) is 5.43 Å². The molecule has 0 aliphatic rings. The third-order valence-corrected chi connectivity index (χ3v) is 2.26. The van der Waals surface area contributed by atoms with Crippen molar-refractivity contribution >= 4 is 0 Å². The SMILES string of the molecule is CCOCC(Cc1cccc(F)c1F)NN. The lowest BCUT2D eigenvalue weighted by Crippen LogP contribution is -2.40. The number of nitrogens with two attached hydrogens (primary N) is 1. The number of hydrogen-bond acceptors (Lipinski definition) is 3. The van der Waals surface area contributed by atoms with Gasteiger partial charge in [-0.15, -0.1) is 0 Å². The predicted octanol–water partition coefficient (Wildman–Crippen LogP) is 1.38. The lowest BCUT2D eigenvalue weighted by atomic mass is 10.1. The highest BCUT2D eigenvalue weighted by Crippen LogP contribution is 2.13. The van der Waals surface area contributed by atoms with Gasteiger partial charge in [-0.2, -0.15) is 0 Å². The highest BCUT2D eigenvalue weighted by Gasteiger charge is 2.13. The highest BCUT2D eigenvalue weighted by molar-refractivity contribution is 5.19. The smallest absolute Gasteiger partial charge is 0.162 e. The van der Waals surface area contributed by atoms with Crippen LogP contribution in [0.15, 0.2) is 18.2 Å². The molecule has 3 nitrogen and oxygen atoms in total. The van der Waals surface area contributed by atoms with E-state index >= 15 is 0 Å². The molecule has 0 saturated heterocycles. The molecule has 0 radical (unpaired) electrons. The van der Waals surface area contributed by atoms with Crippen LogP contribution in [0.3, 0.4) is 0 Å². The van der Waals surface area contributed by atoms with Crippen LogP contribution in [0, 0.1) is 11.6 Å². The van der Waals surface area contributed by atoms with E-state index in [4.69, 9.17) is 10.6 Å². The number of benzene rings is 1. The molecule has 0 aliphatic heterocycles. The molecule has 3 N–H and O–H groups in total. The van der Waals surface area contributed by atoms with Crippen LogP contribution in [0.1, 0.15) is 12.5 Å². The highest BCUT2D eigenvalue weighted by atomic mass is 19.2. The first-order valence-electron chi connectivity index (χ1n) is 5.15. The van der Waals surface area contributed by atoms with Crippen molar-refractivity contribution in [3.63, 3.8) is 0 Å². The lowest BCUT2D eigenvalue weighted by Gasteiger charge is -2.16. The average Bonchev–Trinajstić information content (AvgIpc) is 2.30. The predicted molar refractivity (Wildman–Crippen MR) is 57.7 cm³/mol. The van der Waals surface area contributed by atoms with Crippen molar-refractivity contribution in [3.05, 3.63) is 35.4 Å². The molecule has 5 heteroatoms. The number of rotatable bonds is 6. The Hall–Kier alpha value is -1.04. The van der Waals surface area contributed by atoms with Crippen molar-refractivity contribution in [2.45, 2.75) is 19.4 Å². The molecule has 0 saturated carbocycles. The molecule has 0 aromatic heterocycles. The minimum absolute atomic E-state index is 0.226. The van der Waals surface area contributed by atoms with Gasteiger partial charge in [0.2, 0.25) is 0 Å². The maximum Gasteiger partial charge on any atom is 0.162 e. The van der Waals surface area contributed by atoms with Gasteiger partial charge in [0.25, 0.3) is 0 Å². The van der Waals surface area contributed by atoms with E-state index in [0.29, 0.717) is 25.2 Å². The monoisotopic (exact) mass is 230 g/mol. The molecular weight excluding hydrogens is 214 g/mol. The Morgan fingerprint density at radius 2 is 2.19 bits per heavy atom. The van der Waals surface area contributed by atoms with Gasteiger partial charge in [-0.1, -0.05) is 12.1 Å². The topological polar surface area (TPSA) is 47.3 Å². The van der Waals surface area contributed by atoms with Crippen LogP contribution in [0.25, 0.3) is 0 Å². The molecule has 0 spiro atoms. The summed E-state index contributed by atoms with van der Waals surface area (Å²) in [6, 6.07) is 3.87. The number of ether oxygens (including phenoxy) is 1. The summed E-state index contributed by atoms with van der Waals surface area (Å²) in [6.45, 7) is 2.78. The fraction of sp³-hybridized carbons (Fsp3) is 0.455. The zero-order valence-corrected chi connectivity index (χ0v) is 9.17. The van der Waals surface area contributed by atoms with Gasteiger partial charge >= 0.3 is 0 Å². The molecule has 1 aromatic carbocycles. The fourth-order valence-corrected chi connectivity index (χ4v) is 1.40. The van der Waals surface area contributed by atoms with Crippen molar-refractivity contribution in [2.75, 3.05) is 13.2 Å². The third-order valence-electron chi connectivity index (χ3n) is 2.26. The second kappa shape index (κ2) is 6.52. The van der Waals surface area contributed by atoms with Crippen LogP contribution in [0.2, 0.25) is 0 Å². The van der Waals surface area contributed by atoms with Gasteiger partial charge in [-0.3, -0.25) is 11.3 Å². The summed E-state index contributed by atoms with van der Waals surface area (Å²) in [5.74, 6) is 3.64. The summed E-state index contributed by atoms with van der Waals surface area (Å²) < 4.78 is 31.4. The van der Waals surface area contributed by atoms with E-state index in [1.54, 1.807) is 0 Å². The summed E-state index contributed by atoms with van der Waals surface area (Å²) in [6.07, 6.45) is 0.292. The zero-order valence-electron chi connectivity index (χ0n) is 9.17. The van der Waals surface area contributed by atoms with E-state index < -0.39 is 11.6 Å². The molecule has 90 valence electrons.